The predicted octanol–water partition coefficient (Wildman–Crippen LogP) is 3.68. The van der Waals surface area contributed by atoms with E-state index in [2.05, 4.69) is 10.6 Å². The molecular formula is C24H27ClN2O5. The lowest BCUT2D eigenvalue weighted by atomic mass is 9.95. The van der Waals surface area contributed by atoms with Crippen molar-refractivity contribution >= 4 is 29.2 Å². The van der Waals surface area contributed by atoms with Crippen LogP contribution >= 0.6 is 11.6 Å². The number of hydrogen-bond acceptors (Lipinski definition) is 5. The number of halogens is 1. The predicted molar refractivity (Wildman–Crippen MR) is 121 cm³/mol. The van der Waals surface area contributed by atoms with E-state index in [-0.39, 0.29) is 29.9 Å². The van der Waals surface area contributed by atoms with E-state index < -0.39 is 11.7 Å². The summed E-state index contributed by atoms with van der Waals surface area (Å²) in [6, 6.07) is 11.7. The van der Waals surface area contributed by atoms with Gasteiger partial charge in [0.1, 0.15) is 0 Å². The molecule has 0 radical (unpaired) electrons. The van der Waals surface area contributed by atoms with Gasteiger partial charge >= 0.3 is 0 Å². The molecule has 1 saturated carbocycles. The minimum Gasteiger partial charge on any atom is -0.493 e. The van der Waals surface area contributed by atoms with Gasteiger partial charge in [0, 0.05) is 23.2 Å². The summed E-state index contributed by atoms with van der Waals surface area (Å²) in [6.07, 6.45) is 5.08. The maximum Gasteiger partial charge on any atom is 0.292 e. The number of Topliss-reactive ketones (excluding diaryl/α,β-unsaturated/α-hetero) is 1. The lowest BCUT2D eigenvalue weighted by molar-refractivity contribution is -0.123. The van der Waals surface area contributed by atoms with Crippen LogP contribution in [0, 0.1) is 0 Å². The van der Waals surface area contributed by atoms with Crippen molar-refractivity contribution in [2.24, 2.45) is 0 Å². The highest BCUT2D eigenvalue weighted by molar-refractivity contribution is 6.42. The molecule has 2 aromatic carbocycles. The van der Waals surface area contributed by atoms with Crippen molar-refractivity contribution in [2.45, 2.75) is 44.7 Å². The normalized spacial score (nSPS) is 13.8. The Morgan fingerprint density at radius 3 is 2.41 bits per heavy atom. The highest BCUT2D eigenvalue weighted by atomic mass is 35.5. The molecule has 2 aromatic rings. The van der Waals surface area contributed by atoms with Gasteiger partial charge in [-0.15, -0.1) is 0 Å². The van der Waals surface area contributed by atoms with E-state index >= 15 is 0 Å². The number of ether oxygens (including phenoxy) is 2. The second-order valence-electron chi connectivity index (χ2n) is 7.70. The van der Waals surface area contributed by atoms with Gasteiger partial charge in [0.25, 0.3) is 11.8 Å². The van der Waals surface area contributed by atoms with Crippen molar-refractivity contribution in [1.82, 2.24) is 10.6 Å². The Labute approximate surface area is 192 Å². The van der Waals surface area contributed by atoms with Crippen LogP contribution in [0.2, 0.25) is 5.02 Å². The fraction of sp³-hybridized carbons (Fsp3) is 0.375. The molecule has 1 fully saturated rings. The fourth-order valence-electron chi connectivity index (χ4n) is 3.55. The van der Waals surface area contributed by atoms with E-state index in [9.17, 15) is 14.4 Å². The molecule has 0 spiro atoms. The molecule has 0 atom stereocenters. The summed E-state index contributed by atoms with van der Waals surface area (Å²) >= 11 is 5.85. The van der Waals surface area contributed by atoms with Crippen LogP contribution < -0.4 is 20.1 Å². The SMILES string of the molecule is COc1cc(C(=O)C(=O)NC2CCCCC2)ccc1OCC(=O)NCc1ccc(Cl)cc1. The van der Waals surface area contributed by atoms with Crippen molar-refractivity contribution in [2.75, 3.05) is 13.7 Å². The van der Waals surface area contributed by atoms with Crippen molar-refractivity contribution in [1.29, 1.82) is 0 Å². The van der Waals surface area contributed by atoms with Crippen LogP contribution in [-0.4, -0.2) is 37.4 Å². The summed E-state index contributed by atoms with van der Waals surface area (Å²) in [4.78, 5) is 36.9. The molecule has 0 unspecified atom stereocenters. The zero-order valence-corrected chi connectivity index (χ0v) is 18.7. The summed E-state index contributed by atoms with van der Waals surface area (Å²) in [7, 11) is 1.43. The van der Waals surface area contributed by atoms with Gasteiger partial charge in [0.05, 0.1) is 7.11 Å². The average molecular weight is 459 g/mol. The number of ketones is 1. The van der Waals surface area contributed by atoms with Gasteiger partial charge in [-0.25, -0.2) is 0 Å². The van der Waals surface area contributed by atoms with Gasteiger partial charge in [0.15, 0.2) is 18.1 Å². The number of hydrogen-bond donors (Lipinski definition) is 2. The molecule has 8 heteroatoms. The molecule has 0 heterocycles. The first-order valence-corrected chi connectivity index (χ1v) is 11.0. The molecule has 2 N–H and O–H groups in total. The first-order valence-electron chi connectivity index (χ1n) is 10.6. The number of rotatable bonds is 9. The van der Waals surface area contributed by atoms with Gasteiger partial charge in [-0.2, -0.15) is 0 Å². The van der Waals surface area contributed by atoms with Crippen molar-refractivity contribution in [3.63, 3.8) is 0 Å². The Kier molecular flexibility index (Phi) is 8.50. The van der Waals surface area contributed by atoms with Crippen LogP contribution in [0.3, 0.4) is 0 Å². The van der Waals surface area contributed by atoms with Gasteiger partial charge in [-0.3, -0.25) is 14.4 Å². The maximum absolute atomic E-state index is 12.5. The Bertz CT molecular complexity index is 955. The molecule has 0 aliphatic heterocycles. The molecule has 32 heavy (non-hydrogen) atoms. The van der Waals surface area contributed by atoms with Crippen LogP contribution in [0.5, 0.6) is 11.5 Å². The van der Waals surface area contributed by atoms with Crippen LogP contribution in [0.4, 0.5) is 0 Å². The van der Waals surface area contributed by atoms with Crippen LogP contribution in [0.15, 0.2) is 42.5 Å². The van der Waals surface area contributed by atoms with Crippen LogP contribution in [0.1, 0.15) is 48.0 Å². The van der Waals surface area contributed by atoms with Gasteiger partial charge in [-0.05, 0) is 48.7 Å². The second-order valence-corrected chi connectivity index (χ2v) is 8.13. The zero-order chi connectivity index (χ0) is 22.9. The molecule has 0 saturated heterocycles. The third kappa shape index (κ3) is 6.72. The standard InChI is InChI=1S/C24H27ClN2O5/c1-31-21-13-17(23(29)24(30)27-19-5-3-2-4-6-19)9-12-20(21)32-15-22(28)26-14-16-7-10-18(25)11-8-16/h7-13,19H,2-6,14-15H2,1H3,(H,26,28)(H,27,30). The summed E-state index contributed by atoms with van der Waals surface area (Å²) in [5.74, 6) is -0.977. The number of amides is 2. The van der Waals surface area contributed by atoms with Gasteiger partial charge in [-0.1, -0.05) is 43.0 Å². The van der Waals surface area contributed by atoms with Crippen LogP contribution in [-0.2, 0) is 16.1 Å². The van der Waals surface area contributed by atoms with E-state index in [1.54, 1.807) is 12.1 Å². The Balaban J connectivity index is 1.53. The quantitative estimate of drug-likeness (QED) is 0.441. The lowest BCUT2D eigenvalue weighted by Crippen LogP contribution is -2.40. The molecule has 0 aromatic heterocycles. The Morgan fingerprint density at radius 1 is 1.00 bits per heavy atom. The second kappa shape index (κ2) is 11.5. The highest BCUT2D eigenvalue weighted by Crippen LogP contribution is 2.28. The third-order valence-corrected chi connectivity index (χ3v) is 5.59. The third-order valence-electron chi connectivity index (χ3n) is 5.33. The molecule has 1 aliphatic rings. The van der Waals surface area contributed by atoms with Crippen molar-refractivity contribution in [3.8, 4) is 11.5 Å². The number of carbonyl (C=O) groups excluding carboxylic acids is 3. The van der Waals surface area contributed by atoms with E-state index in [0.29, 0.717) is 17.3 Å². The largest absolute Gasteiger partial charge is 0.493 e. The van der Waals surface area contributed by atoms with E-state index in [1.165, 1.54) is 25.3 Å². The topological polar surface area (TPSA) is 93.7 Å². The van der Waals surface area contributed by atoms with Crippen molar-refractivity contribution < 1.29 is 23.9 Å². The number of carbonyl (C=O) groups is 3. The monoisotopic (exact) mass is 458 g/mol. The van der Waals surface area contributed by atoms with E-state index in [4.69, 9.17) is 21.1 Å². The van der Waals surface area contributed by atoms with Crippen molar-refractivity contribution in [3.05, 3.63) is 58.6 Å². The van der Waals surface area contributed by atoms with Gasteiger partial charge < -0.3 is 20.1 Å². The van der Waals surface area contributed by atoms with E-state index in [0.717, 1.165) is 37.7 Å². The smallest absolute Gasteiger partial charge is 0.292 e. The fourth-order valence-corrected chi connectivity index (χ4v) is 3.68. The summed E-state index contributed by atoms with van der Waals surface area (Å²) < 4.78 is 10.8. The molecule has 170 valence electrons. The van der Waals surface area contributed by atoms with Gasteiger partial charge in [0.2, 0.25) is 5.78 Å². The molecule has 0 bridgehead atoms. The number of benzene rings is 2. The average Bonchev–Trinajstić information content (AvgIpc) is 2.82. The highest BCUT2D eigenvalue weighted by Gasteiger charge is 2.22. The number of nitrogens with one attached hydrogen (secondary N) is 2. The summed E-state index contributed by atoms with van der Waals surface area (Å²) in [5, 5.41) is 6.20. The lowest BCUT2D eigenvalue weighted by Gasteiger charge is -2.22. The first kappa shape index (κ1) is 23.6. The molecule has 7 nitrogen and oxygen atoms in total. The Hall–Kier alpha value is -3.06. The summed E-state index contributed by atoms with van der Waals surface area (Å²) in [6.45, 7) is 0.124. The zero-order valence-electron chi connectivity index (χ0n) is 18.0. The first-order chi connectivity index (χ1) is 15.5. The summed E-state index contributed by atoms with van der Waals surface area (Å²) in [5.41, 5.74) is 1.12. The minimum absolute atomic E-state index is 0.0519. The molecule has 1 aliphatic carbocycles. The molecule has 3 rings (SSSR count). The molecular weight excluding hydrogens is 432 g/mol. The molecule has 2 amide bonds. The number of methoxy groups -OCH3 is 1. The van der Waals surface area contributed by atoms with Crippen LogP contribution in [0.25, 0.3) is 0 Å². The Morgan fingerprint density at radius 2 is 1.72 bits per heavy atom. The maximum atomic E-state index is 12.5. The van der Waals surface area contributed by atoms with E-state index in [1.807, 2.05) is 12.1 Å². The minimum atomic E-state index is -0.624.